The van der Waals surface area contributed by atoms with E-state index in [1.165, 1.54) is 17.0 Å². The van der Waals surface area contributed by atoms with E-state index >= 15 is 0 Å². The Kier molecular flexibility index (Phi) is 3.96. The zero-order chi connectivity index (χ0) is 15.0. The molecule has 1 aliphatic heterocycles. The van der Waals surface area contributed by atoms with Gasteiger partial charge in [-0.05, 0) is 22.0 Å². The molecule has 0 aliphatic carbocycles. The zero-order valence-electron chi connectivity index (χ0n) is 10.0. The minimum absolute atomic E-state index is 0.0208. The number of benzene rings is 1. The van der Waals surface area contributed by atoms with Crippen LogP contribution in [0.15, 0.2) is 16.6 Å². The van der Waals surface area contributed by atoms with Crippen LogP contribution in [0.3, 0.4) is 0 Å². The summed E-state index contributed by atoms with van der Waals surface area (Å²) < 4.78 is 0.354. The second-order valence-corrected chi connectivity index (χ2v) is 5.58. The van der Waals surface area contributed by atoms with Crippen molar-refractivity contribution in [2.75, 3.05) is 11.4 Å². The van der Waals surface area contributed by atoms with Gasteiger partial charge >= 0.3 is 0 Å². The number of nitrogens with zero attached hydrogens (tertiary/aromatic N) is 2. The Hall–Kier alpha value is -1.67. The quantitative estimate of drug-likeness (QED) is 0.654. The highest BCUT2D eigenvalue weighted by Gasteiger charge is 2.37. The molecule has 1 atom stereocenters. The highest BCUT2D eigenvalue weighted by atomic mass is 79.9. The average molecular weight is 363 g/mol. The molecule has 2 N–H and O–H groups in total. The average Bonchev–Trinajstić information content (AvgIpc) is 2.74. The number of primary amides is 1. The van der Waals surface area contributed by atoms with Crippen LogP contribution in [0.5, 0.6) is 0 Å². The Morgan fingerprint density at radius 3 is 2.70 bits per heavy atom. The third kappa shape index (κ3) is 2.61. The molecule has 20 heavy (non-hydrogen) atoms. The van der Waals surface area contributed by atoms with Gasteiger partial charge in [0, 0.05) is 23.5 Å². The first kappa shape index (κ1) is 14.7. The number of hydrogen-bond acceptors (Lipinski definition) is 4. The molecule has 1 heterocycles. The van der Waals surface area contributed by atoms with Crippen molar-refractivity contribution in [1.29, 1.82) is 0 Å². The van der Waals surface area contributed by atoms with Crippen LogP contribution >= 0.6 is 27.5 Å². The number of carbonyl (C=O) groups excluding carboxylic acids is 2. The second kappa shape index (κ2) is 5.37. The van der Waals surface area contributed by atoms with E-state index in [1.54, 1.807) is 0 Å². The summed E-state index contributed by atoms with van der Waals surface area (Å²) in [7, 11) is 0. The van der Waals surface area contributed by atoms with Crippen molar-refractivity contribution >= 4 is 50.7 Å². The fourth-order valence-corrected chi connectivity index (χ4v) is 2.51. The largest absolute Gasteiger partial charge is 0.369 e. The summed E-state index contributed by atoms with van der Waals surface area (Å²) in [6, 6.07) is 2.55. The minimum Gasteiger partial charge on any atom is -0.369 e. The predicted molar refractivity (Wildman–Crippen MR) is 75.5 cm³/mol. The van der Waals surface area contributed by atoms with Gasteiger partial charge in [0.1, 0.15) is 5.69 Å². The Morgan fingerprint density at radius 1 is 1.55 bits per heavy atom. The highest BCUT2D eigenvalue weighted by molar-refractivity contribution is 9.10. The number of halogens is 2. The van der Waals surface area contributed by atoms with Crippen LogP contribution in [0.1, 0.15) is 6.42 Å². The highest BCUT2D eigenvalue weighted by Crippen LogP contribution is 2.38. The number of hydrogen-bond donors (Lipinski definition) is 1. The molecule has 1 aromatic carbocycles. The van der Waals surface area contributed by atoms with Crippen molar-refractivity contribution < 1.29 is 14.5 Å². The van der Waals surface area contributed by atoms with E-state index in [4.69, 9.17) is 17.3 Å². The van der Waals surface area contributed by atoms with Gasteiger partial charge in [-0.2, -0.15) is 0 Å². The number of nitro groups is 1. The van der Waals surface area contributed by atoms with E-state index in [1.807, 2.05) is 0 Å². The lowest BCUT2D eigenvalue weighted by molar-refractivity contribution is -0.384. The smallest absolute Gasteiger partial charge is 0.294 e. The number of rotatable bonds is 3. The molecule has 2 rings (SSSR count). The monoisotopic (exact) mass is 361 g/mol. The third-order valence-corrected chi connectivity index (χ3v) is 4.23. The Balaban J connectivity index is 2.47. The Bertz CT molecular complexity index is 622. The number of anilines is 1. The van der Waals surface area contributed by atoms with Crippen LogP contribution in [0.25, 0.3) is 0 Å². The van der Waals surface area contributed by atoms with E-state index in [-0.39, 0.29) is 29.4 Å². The van der Waals surface area contributed by atoms with Crippen molar-refractivity contribution in [1.82, 2.24) is 0 Å². The molecule has 0 saturated carbocycles. The van der Waals surface area contributed by atoms with Crippen molar-refractivity contribution in [2.24, 2.45) is 11.7 Å². The van der Waals surface area contributed by atoms with Gasteiger partial charge in [-0.25, -0.2) is 0 Å². The first-order valence-corrected chi connectivity index (χ1v) is 6.71. The normalized spacial score (nSPS) is 18.4. The maximum atomic E-state index is 11.9. The summed E-state index contributed by atoms with van der Waals surface area (Å²) in [5.41, 5.74) is 4.97. The fourth-order valence-electron chi connectivity index (χ4n) is 2.02. The van der Waals surface area contributed by atoms with Gasteiger partial charge < -0.3 is 10.6 Å². The summed E-state index contributed by atoms with van der Waals surface area (Å²) >= 11 is 9.01. The lowest BCUT2D eigenvalue weighted by Crippen LogP contribution is -2.28. The van der Waals surface area contributed by atoms with Gasteiger partial charge in [-0.1, -0.05) is 11.6 Å². The zero-order valence-corrected chi connectivity index (χ0v) is 12.3. The van der Waals surface area contributed by atoms with Gasteiger partial charge in [0.05, 0.1) is 15.9 Å². The topological polar surface area (TPSA) is 107 Å². The minimum atomic E-state index is -0.649. The predicted octanol–water partition coefficient (Wildman–Crippen LogP) is 1.85. The van der Waals surface area contributed by atoms with E-state index in [0.717, 1.165) is 0 Å². The van der Waals surface area contributed by atoms with Crippen molar-refractivity contribution in [3.05, 3.63) is 31.7 Å². The molecule has 1 saturated heterocycles. The summed E-state index contributed by atoms with van der Waals surface area (Å²) in [6.45, 7) is 0.0208. The van der Waals surface area contributed by atoms with Crippen LogP contribution in [-0.2, 0) is 9.59 Å². The Labute approximate surface area is 126 Å². The molecule has 1 aliphatic rings. The molecule has 1 aromatic rings. The molecular weight excluding hydrogens is 353 g/mol. The first-order valence-electron chi connectivity index (χ1n) is 5.54. The molecule has 106 valence electrons. The maximum absolute atomic E-state index is 11.9. The maximum Gasteiger partial charge on any atom is 0.294 e. The number of nitro benzene ring substituents is 1. The summed E-state index contributed by atoms with van der Waals surface area (Å²) in [6.07, 6.45) is -0.0554. The van der Waals surface area contributed by atoms with Crippen LogP contribution in [0.4, 0.5) is 11.4 Å². The van der Waals surface area contributed by atoms with Crippen molar-refractivity contribution in [2.45, 2.75) is 6.42 Å². The van der Waals surface area contributed by atoms with Crippen LogP contribution < -0.4 is 10.6 Å². The summed E-state index contributed by atoms with van der Waals surface area (Å²) in [4.78, 5) is 34.7. The van der Waals surface area contributed by atoms with E-state index in [9.17, 15) is 19.7 Å². The van der Waals surface area contributed by atoms with E-state index in [2.05, 4.69) is 15.9 Å². The molecular formula is C11H9BrClN3O4. The summed E-state index contributed by atoms with van der Waals surface area (Å²) in [5.74, 6) is -1.65. The third-order valence-electron chi connectivity index (χ3n) is 3.03. The lowest BCUT2D eigenvalue weighted by Gasteiger charge is -2.17. The molecule has 1 unspecified atom stereocenters. The SMILES string of the molecule is NC(=O)C1CC(=O)N(c2cc(Cl)c(Br)cc2[N+](=O)[O-])C1. The molecule has 9 heteroatoms. The van der Waals surface area contributed by atoms with Gasteiger partial charge in [0.2, 0.25) is 11.8 Å². The first-order chi connectivity index (χ1) is 9.31. The van der Waals surface area contributed by atoms with E-state index < -0.39 is 22.7 Å². The number of amides is 2. The number of carbonyl (C=O) groups is 2. The van der Waals surface area contributed by atoms with Gasteiger partial charge in [0.25, 0.3) is 5.69 Å². The second-order valence-electron chi connectivity index (χ2n) is 4.32. The van der Waals surface area contributed by atoms with Gasteiger partial charge in [-0.15, -0.1) is 0 Å². The molecule has 7 nitrogen and oxygen atoms in total. The fraction of sp³-hybridized carbons (Fsp3) is 0.273. The molecule has 1 fully saturated rings. The van der Waals surface area contributed by atoms with Crippen LogP contribution in [0.2, 0.25) is 5.02 Å². The molecule has 0 radical (unpaired) electrons. The molecule has 0 bridgehead atoms. The molecule has 2 amide bonds. The van der Waals surface area contributed by atoms with Crippen molar-refractivity contribution in [3.63, 3.8) is 0 Å². The van der Waals surface area contributed by atoms with Gasteiger partial charge in [0.15, 0.2) is 0 Å². The van der Waals surface area contributed by atoms with Crippen molar-refractivity contribution in [3.8, 4) is 0 Å². The van der Waals surface area contributed by atoms with Gasteiger partial charge in [-0.3, -0.25) is 19.7 Å². The summed E-state index contributed by atoms with van der Waals surface area (Å²) in [5, 5.41) is 11.3. The van der Waals surface area contributed by atoms with Crippen LogP contribution in [0, 0.1) is 16.0 Å². The van der Waals surface area contributed by atoms with Crippen LogP contribution in [-0.4, -0.2) is 23.3 Å². The molecule has 0 aromatic heterocycles. The molecule has 0 spiro atoms. The number of nitrogens with two attached hydrogens (primary N) is 1. The lowest BCUT2D eigenvalue weighted by atomic mass is 10.1. The van der Waals surface area contributed by atoms with E-state index in [0.29, 0.717) is 4.47 Å². The standard InChI is InChI=1S/C11H9BrClN3O4/c12-6-2-9(16(19)20)8(3-7(6)13)15-4-5(11(14)18)1-10(15)17/h2-3,5H,1,4H2,(H2,14,18). The Morgan fingerprint density at radius 2 is 2.20 bits per heavy atom.